The van der Waals surface area contributed by atoms with Gasteiger partial charge in [-0.05, 0) is 73.1 Å². The van der Waals surface area contributed by atoms with Crippen molar-refractivity contribution in [3.63, 3.8) is 0 Å². The Hall–Kier alpha value is -3.71. The normalized spacial score (nSPS) is 23.8. The molecule has 3 aliphatic carbocycles. The van der Waals surface area contributed by atoms with E-state index in [4.69, 9.17) is 4.74 Å². The number of aromatic amines is 1. The first-order valence-corrected chi connectivity index (χ1v) is 11.9. The second-order valence-electron chi connectivity index (χ2n) is 9.03. The highest BCUT2D eigenvalue weighted by Gasteiger charge is 2.38. The zero-order valence-corrected chi connectivity index (χ0v) is 18.6. The second kappa shape index (κ2) is 8.33. The molecule has 4 aliphatic rings. The molecular formula is C29H27N3O. The van der Waals surface area contributed by atoms with Crippen LogP contribution in [0.5, 0.6) is 0 Å². The van der Waals surface area contributed by atoms with Crippen molar-refractivity contribution < 1.29 is 4.74 Å². The standard InChI is InChI=1S/C29H27N3O/c30-19-25-24(16-17-31-25)23-11-2-1-10-22(23)20-8-7-9-21(18-20)32-26-12-3-5-14-28(26)33-29-15-6-4-13-27(29)32/h1-3,6,8,10-12,15-18,27,29,31H,4-5,7,9,13-14H2. The summed E-state index contributed by atoms with van der Waals surface area (Å²) in [5.41, 5.74) is 7.67. The summed E-state index contributed by atoms with van der Waals surface area (Å²) in [5, 5.41) is 9.56. The quantitative estimate of drug-likeness (QED) is 0.555. The van der Waals surface area contributed by atoms with Crippen LogP contribution in [0.4, 0.5) is 0 Å². The zero-order chi connectivity index (χ0) is 22.2. The third-order valence-corrected chi connectivity index (χ3v) is 7.09. The molecule has 0 amide bonds. The van der Waals surface area contributed by atoms with Crippen molar-refractivity contribution in [3.8, 4) is 17.2 Å². The van der Waals surface area contributed by atoms with Crippen LogP contribution in [-0.2, 0) is 4.74 Å². The molecule has 1 N–H and O–H groups in total. The van der Waals surface area contributed by atoms with Gasteiger partial charge in [0.2, 0.25) is 0 Å². The molecule has 0 bridgehead atoms. The zero-order valence-electron chi connectivity index (χ0n) is 18.6. The molecule has 2 aromatic rings. The minimum absolute atomic E-state index is 0.129. The summed E-state index contributed by atoms with van der Waals surface area (Å²) in [6.07, 6.45) is 22.0. The first kappa shape index (κ1) is 19.9. The molecule has 6 rings (SSSR count). The number of nitrogens with one attached hydrogen (secondary N) is 1. The first-order valence-electron chi connectivity index (χ1n) is 11.9. The van der Waals surface area contributed by atoms with Gasteiger partial charge in [-0.3, -0.25) is 0 Å². The first-order chi connectivity index (χ1) is 16.3. The van der Waals surface area contributed by atoms with Crippen LogP contribution in [0.1, 0.15) is 49.8 Å². The molecule has 1 aliphatic heterocycles. The van der Waals surface area contributed by atoms with Crippen LogP contribution in [0, 0.1) is 11.3 Å². The predicted octanol–water partition coefficient (Wildman–Crippen LogP) is 6.60. The third kappa shape index (κ3) is 3.45. The Kier molecular flexibility index (Phi) is 5.03. The van der Waals surface area contributed by atoms with Gasteiger partial charge < -0.3 is 14.6 Å². The number of benzene rings is 1. The van der Waals surface area contributed by atoms with Crippen molar-refractivity contribution in [2.45, 2.75) is 50.7 Å². The third-order valence-electron chi connectivity index (χ3n) is 7.09. The number of allylic oxidation sites excluding steroid dienone is 8. The summed E-state index contributed by atoms with van der Waals surface area (Å²) in [6, 6.07) is 13.0. The van der Waals surface area contributed by atoms with Crippen LogP contribution in [0.2, 0.25) is 0 Å². The van der Waals surface area contributed by atoms with Crippen molar-refractivity contribution in [2.75, 3.05) is 0 Å². The number of ether oxygens (including phenoxy) is 1. The minimum atomic E-state index is 0.129. The van der Waals surface area contributed by atoms with Gasteiger partial charge in [0.05, 0.1) is 11.7 Å². The van der Waals surface area contributed by atoms with Gasteiger partial charge in [0.15, 0.2) is 0 Å². The molecule has 164 valence electrons. The minimum Gasteiger partial charge on any atom is -0.486 e. The number of fused-ring (bicyclic) bond motifs is 1. The van der Waals surface area contributed by atoms with E-state index in [0.29, 0.717) is 11.7 Å². The molecule has 0 saturated carbocycles. The van der Waals surface area contributed by atoms with Crippen LogP contribution >= 0.6 is 0 Å². The highest BCUT2D eigenvalue weighted by Crippen LogP contribution is 2.42. The molecular weight excluding hydrogens is 406 g/mol. The lowest BCUT2D eigenvalue weighted by Crippen LogP contribution is -2.48. The van der Waals surface area contributed by atoms with Gasteiger partial charge >= 0.3 is 0 Å². The maximum absolute atomic E-state index is 9.56. The monoisotopic (exact) mass is 433 g/mol. The summed E-state index contributed by atoms with van der Waals surface area (Å²) >= 11 is 0. The number of nitrogens with zero attached hydrogens (tertiary/aromatic N) is 2. The molecule has 2 heterocycles. The maximum Gasteiger partial charge on any atom is 0.137 e. The summed E-state index contributed by atoms with van der Waals surface area (Å²) in [7, 11) is 0. The summed E-state index contributed by atoms with van der Waals surface area (Å²) in [5.74, 6) is 1.13. The largest absolute Gasteiger partial charge is 0.486 e. The van der Waals surface area contributed by atoms with Crippen molar-refractivity contribution in [2.24, 2.45) is 0 Å². The molecule has 2 atom stereocenters. The molecule has 0 saturated heterocycles. The molecule has 0 fully saturated rings. The predicted molar refractivity (Wildman–Crippen MR) is 131 cm³/mol. The molecule has 1 aromatic heterocycles. The number of nitriles is 1. The molecule has 4 nitrogen and oxygen atoms in total. The van der Waals surface area contributed by atoms with Crippen LogP contribution < -0.4 is 0 Å². The summed E-state index contributed by atoms with van der Waals surface area (Å²) < 4.78 is 6.44. The van der Waals surface area contributed by atoms with E-state index in [1.54, 1.807) is 0 Å². The van der Waals surface area contributed by atoms with E-state index in [9.17, 15) is 5.26 Å². The summed E-state index contributed by atoms with van der Waals surface area (Å²) in [6.45, 7) is 0. The number of aromatic nitrogens is 1. The topological polar surface area (TPSA) is 52.0 Å². The molecule has 0 spiro atoms. The van der Waals surface area contributed by atoms with E-state index in [2.05, 4.69) is 70.6 Å². The molecule has 4 heteroatoms. The maximum atomic E-state index is 9.56. The van der Waals surface area contributed by atoms with Gasteiger partial charge in [-0.1, -0.05) is 42.5 Å². The number of hydrogen-bond donors (Lipinski definition) is 1. The van der Waals surface area contributed by atoms with Gasteiger partial charge in [0, 0.05) is 23.9 Å². The Labute approximate surface area is 194 Å². The van der Waals surface area contributed by atoms with Gasteiger partial charge in [0.25, 0.3) is 0 Å². The van der Waals surface area contributed by atoms with Gasteiger partial charge in [-0.25, -0.2) is 0 Å². The van der Waals surface area contributed by atoms with Crippen molar-refractivity contribution >= 4 is 5.57 Å². The van der Waals surface area contributed by atoms with E-state index in [1.165, 1.54) is 22.5 Å². The van der Waals surface area contributed by atoms with E-state index in [-0.39, 0.29) is 6.10 Å². The highest BCUT2D eigenvalue weighted by molar-refractivity contribution is 5.87. The number of rotatable bonds is 3. The fourth-order valence-corrected chi connectivity index (χ4v) is 5.58. The Morgan fingerprint density at radius 1 is 1.00 bits per heavy atom. The van der Waals surface area contributed by atoms with E-state index >= 15 is 0 Å². The van der Waals surface area contributed by atoms with E-state index in [1.807, 2.05) is 18.3 Å². The lowest BCUT2D eigenvalue weighted by Gasteiger charge is -2.47. The fraction of sp³-hybridized carbons (Fsp3) is 0.276. The Balaban J connectivity index is 1.43. The van der Waals surface area contributed by atoms with Crippen LogP contribution in [-0.4, -0.2) is 22.0 Å². The van der Waals surface area contributed by atoms with Crippen LogP contribution in [0.3, 0.4) is 0 Å². The molecule has 33 heavy (non-hydrogen) atoms. The highest BCUT2D eigenvalue weighted by atomic mass is 16.5. The Morgan fingerprint density at radius 2 is 1.91 bits per heavy atom. The van der Waals surface area contributed by atoms with Gasteiger partial charge in [-0.2, -0.15) is 5.26 Å². The Bertz CT molecular complexity index is 1280. The molecule has 2 unspecified atom stereocenters. The number of hydrogen-bond acceptors (Lipinski definition) is 3. The van der Waals surface area contributed by atoms with E-state index < -0.39 is 0 Å². The second-order valence-corrected chi connectivity index (χ2v) is 9.03. The van der Waals surface area contributed by atoms with Crippen molar-refractivity contribution in [3.05, 3.63) is 101 Å². The van der Waals surface area contributed by atoms with Crippen molar-refractivity contribution in [1.82, 2.24) is 9.88 Å². The summed E-state index contributed by atoms with van der Waals surface area (Å²) in [4.78, 5) is 5.65. The Morgan fingerprint density at radius 3 is 2.82 bits per heavy atom. The van der Waals surface area contributed by atoms with Crippen molar-refractivity contribution in [1.29, 1.82) is 5.26 Å². The lowest BCUT2D eigenvalue weighted by atomic mass is 9.88. The SMILES string of the molecule is N#Cc1[nH]ccc1-c1ccccc1C1=CCCC(N2C3=C(CCC=C3)OC3C=CCCC32)=C1. The van der Waals surface area contributed by atoms with Gasteiger partial charge in [-0.15, -0.1) is 0 Å². The number of H-pyrrole nitrogens is 1. The lowest BCUT2D eigenvalue weighted by molar-refractivity contribution is 0.0321. The van der Waals surface area contributed by atoms with Crippen LogP contribution in [0.25, 0.3) is 16.7 Å². The molecule has 0 radical (unpaired) electrons. The van der Waals surface area contributed by atoms with Gasteiger partial charge in [0.1, 0.15) is 23.6 Å². The van der Waals surface area contributed by atoms with E-state index in [0.717, 1.165) is 55.4 Å². The molecule has 1 aromatic carbocycles. The average Bonchev–Trinajstić information content (AvgIpc) is 3.36. The average molecular weight is 434 g/mol. The smallest absolute Gasteiger partial charge is 0.137 e. The van der Waals surface area contributed by atoms with Crippen LogP contribution in [0.15, 0.2) is 90.1 Å². The fourth-order valence-electron chi connectivity index (χ4n) is 5.58.